The van der Waals surface area contributed by atoms with Gasteiger partial charge in [0.25, 0.3) is 5.56 Å². The molecular weight excluding hydrogens is 244 g/mol. The molecule has 0 bridgehead atoms. The molecule has 5 heteroatoms. The van der Waals surface area contributed by atoms with Gasteiger partial charge in [-0.25, -0.2) is 4.98 Å². The smallest absolute Gasteiger partial charge is 0.259 e. The molecule has 0 saturated heterocycles. The quantitative estimate of drug-likeness (QED) is 0.580. The Labute approximate surface area is 107 Å². The molecule has 0 saturated carbocycles. The Bertz CT molecular complexity index is 824. The fourth-order valence-corrected chi connectivity index (χ4v) is 1.93. The fourth-order valence-electron chi connectivity index (χ4n) is 1.93. The maximum atomic E-state index is 11.9. The van der Waals surface area contributed by atoms with Crippen molar-refractivity contribution in [3.05, 3.63) is 52.8 Å². The van der Waals surface area contributed by atoms with E-state index in [-0.39, 0.29) is 28.4 Å². The highest BCUT2D eigenvalue weighted by molar-refractivity contribution is 5.80. The molecule has 0 unspecified atom stereocenters. The van der Waals surface area contributed by atoms with Crippen molar-refractivity contribution in [1.82, 2.24) is 9.97 Å². The van der Waals surface area contributed by atoms with E-state index >= 15 is 0 Å². The van der Waals surface area contributed by atoms with E-state index in [1.165, 1.54) is 18.2 Å². The van der Waals surface area contributed by atoms with Crippen LogP contribution in [0.15, 0.2) is 47.3 Å². The lowest BCUT2D eigenvalue weighted by Crippen LogP contribution is -2.09. The molecule has 5 nitrogen and oxygen atoms in total. The van der Waals surface area contributed by atoms with Gasteiger partial charge in [-0.2, -0.15) is 0 Å². The van der Waals surface area contributed by atoms with E-state index < -0.39 is 0 Å². The number of nitrogens with zero attached hydrogens (tertiary/aromatic N) is 1. The Morgan fingerprint density at radius 3 is 2.68 bits per heavy atom. The van der Waals surface area contributed by atoms with Gasteiger partial charge in [-0.05, 0) is 30.3 Å². The number of aromatic nitrogens is 2. The van der Waals surface area contributed by atoms with Gasteiger partial charge in [0.05, 0.1) is 16.5 Å². The summed E-state index contributed by atoms with van der Waals surface area (Å²) in [5.41, 5.74) is 0.523. The van der Waals surface area contributed by atoms with Crippen LogP contribution in [0.4, 0.5) is 0 Å². The van der Waals surface area contributed by atoms with Gasteiger partial charge in [-0.1, -0.05) is 12.1 Å². The van der Waals surface area contributed by atoms with E-state index in [1.54, 1.807) is 24.3 Å². The second-order valence-corrected chi connectivity index (χ2v) is 4.13. The Kier molecular flexibility index (Phi) is 2.45. The number of H-pyrrole nitrogens is 1. The topological polar surface area (TPSA) is 86.2 Å². The average Bonchev–Trinajstić information content (AvgIpc) is 2.41. The predicted molar refractivity (Wildman–Crippen MR) is 71.1 cm³/mol. The Morgan fingerprint density at radius 1 is 1.05 bits per heavy atom. The first-order valence-corrected chi connectivity index (χ1v) is 5.66. The molecule has 3 rings (SSSR count). The van der Waals surface area contributed by atoms with Crippen molar-refractivity contribution >= 4 is 10.9 Å². The Hall–Kier alpha value is -2.82. The van der Waals surface area contributed by atoms with E-state index in [4.69, 9.17) is 0 Å². The summed E-state index contributed by atoms with van der Waals surface area (Å²) in [7, 11) is 0. The fraction of sp³-hybridized carbons (Fsp3) is 0. The summed E-state index contributed by atoms with van der Waals surface area (Å²) in [6, 6.07) is 11.0. The van der Waals surface area contributed by atoms with Crippen molar-refractivity contribution in [1.29, 1.82) is 0 Å². The molecule has 0 aliphatic rings. The zero-order chi connectivity index (χ0) is 13.4. The monoisotopic (exact) mass is 254 g/mol. The number of rotatable bonds is 1. The summed E-state index contributed by atoms with van der Waals surface area (Å²) in [4.78, 5) is 18.8. The van der Waals surface area contributed by atoms with Crippen LogP contribution in [0.3, 0.4) is 0 Å². The largest absolute Gasteiger partial charge is 0.508 e. The SMILES string of the molecule is O=c1[nH]c(-c2cc(O)ccc2O)nc2ccccc12. The summed E-state index contributed by atoms with van der Waals surface area (Å²) >= 11 is 0. The van der Waals surface area contributed by atoms with Crippen molar-refractivity contribution in [2.75, 3.05) is 0 Å². The zero-order valence-corrected chi connectivity index (χ0v) is 9.79. The minimum absolute atomic E-state index is 0.0105. The van der Waals surface area contributed by atoms with Crippen LogP contribution < -0.4 is 5.56 Å². The molecule has 0 atom stereocenters. The third kappa shape index (κ3) is 1.91. The number of nitrogens with one attached hydrogen (secondary N) is 1. The van der Waals surface area contributed by atoms with Crippen LogP contribution in [0.1, 0.15) is 0 Å². The average molecular weight is 254 g/mol. The molecule has 94 valence electrons. The van der Waals surface area contributed by atoms with E-state index in [1.807, 2.05) is 0 Å². The summed E-state index contributed by atoms with van der Waals surface area (Å²) in [5, 5.41) is 19.7. The van der Waals surface area contributed by atoms with Gasteiger partial charge in [0.15, 0.2) is 0 Å². The Morgan fingerprint density at radius 2 is 1.84 bits per heavy atom. The third-order valence-electron chi connectivity index (χ3n) is 2.85. The molecule has 0 amide bonds. The number of aromatic hydroxyl groups is 2. The molecule has 0 spiro atoms. The van der Waals surface area contributed by atoms with Crippen LogP contribution in [-0.4, -0.2) is 20.2 Å². The van der Waals surface area contributed by atoms with Gasteiger partial charge < -0.3 is 15.2 Å². The van der Waals surface area contributed by atoms with Crippen LogP contribution in [0.25, 0.3) is 22.3 Å². The van der Waals surface area contributed by atoms with Gasteiger partial charge in [-0.3, -0.25) is 4.79 Å². The number of fused-ring (bicyclic) bond motifs is 1. The number of phenols is 2. The van der Waals surface area contributed by atoms with Crippen molar-refractivity contribution in [2.45, 2.75) is 0 Å². The molecule has 3 N–H and O–H groups in total. The van der Waals surface area contributed by atoms with E-state index in [2.05, 4.69) is 9.97 Å². The molecule has 0 radical (unpaired) electrons. The van der Waals surface area contributed by atoms with Crippen LogP contribution in [-0.2, 0) is 0 Å². The second kappa shape index (κ2) is 4.13. The maximum absolute atomic E-state index is 11.9. The number of hydrogen-bond acceptors (Lipinski definition) is 4. The number of hydrogen-bond donors (Lipinski definition) is 3. The zero-order valence-electron chi connectivity index (χ0n) is 9.79. The van der Waals surface area contributed by atoms with Gasteiger partial charge in [0.2, 0.25) is 0 Å². The normalized spacial score (nSPS) is 10.7. The van der Waals surface area contributed by atoms with E-state index in [9.17, 15) is 15.0 Å². The highest BCUT2D eigenvalue weighted by atomic mass is 16.3. The van der Waals surface area contributed by atoms with Crippen LogP contribution in [0, 0.1) is 0 Å². The first kappa shape index (κ1) is 11.3. The molecule has 0 aliphatic carbocycles. The highest BCUT2D eigenvalue weighted by Gasteiger charge is 2.10. The van der Waals surface area contributed by atoms with Gasteiger partial charge >= 0.3 is 0 Å². The summed E-state index contributed by atoms with van der Waals surface area (Å²) in [6.45, 7) is 0. The first-order valence-electron chi connectivity index (χ1n) is 5.66. The predicted octanol–water partition coefficient (Wildman–Crippen LogP) is 2.00. The summed E-state index contributed by atoms with van der Waals surface area (Å²) in [5.74, 6) is 0.150. The van der Waals surface area contributed by atoms with Crippen LogP contribution >= 0.6 is 0 Å². The third-order valence-corrected chi connectivity index (χ3v) is 2.85. The number of phenolic OH excluding ortho intramolecular Hbond substituents is 2. The highest BCUT2D eigenvalue weighted by Crippen LogP contribution is 2.29. The van der Waals surface area contributed by atoms with Crippen molar-refractivity contribution in [2.24, 2.45) is 0 Å². The second-order valence-electron chi connectivity index (χ2n) is 4.13. The summed E-state index contributed by atoms with van der Waals surface area (Å²) < 4.78 is 0. The van der Waals surface area contributed by atoms with Crippen LogP contribution in [0.5, 0.6) is 11.5 Å². The molecule has 3 aromatic rings. The van der Waals surface area contributed by atoms with Crippen molar-refractivity contribution < 1.29 is 10.2 Å². The van der Waals surface area contributed by atoms with E-state index in [0.29, 0.717) is 10.9 Å². The van der Waals surface area contributed by atoms with Gasteiger partial charge in [0, 0.05) is 0 Å². The standard InChI is InChI=1S/C14H10N2O3/c17-8-5-6-12(18)10(7-8)13-15-11-4-2-1-3-9(11)14(19)16-13/h1-7,17-18H,(H,15,16,19). The number of para-hydroxylation sites is 1. The maximum Gasteiger partial charge on any atom is 0.259 e. The summed E-state index contributed by atoms with van der Waals surface area (Å²) in [6.07, 6.45) is 0. The number of benzene rings is 2. The van der Waals surface area contributed by atoms with Gasteiger partial charge in [-0.15, -0.1) is 0 Å². The van der Waals surface area contributed by atoms with Gasteiger partial charge in [0.1, 0.15) is 17.3 Å². The lowest BCUT2D eigenvalue weighted by atomic mass is 10.1. The Balaban J connectivity index is 2.31. The molecule has 2 aromatic carbocycles. The van der Waals surface area contributed by atoms with Crippen molar-refractivity contribution in [3.63, 3.8) is 0 Å². The molecule has 1 aromatic heterocycles. The molecule has 19 heavy (non-hydrogen) atoms. The van der Waals surface area contributed by atoms with Crippen molar-refractivity contribution in [3.8, 4) is 22.9 Å². The molecule has 0 fully saturated rings. The lowest BCUT2D eigenvalue weighted by Gasteiger charge is -2.05. The number of aromatic amines is 1. The molecule has 0 aliphatic heterocycles. The molecular formula is C14H10N2O3. The van der Waals surface area contributed by atoms with E-state index in [0.717, 1.165) is 0 Å². The first-order chi connectivity index (χ1) is 9.15. The minimum Gasteiger partial charge on any atom is -0.508 e. The molecule has 1 heterocycles. The van der Waals surface area contributed by atoms with Crippen LogP contribution in [0.2, 0.25) is 0 Å². The minimum atomic E-state index is -0.289. The lowest BCUT2D eigenvalue weighted by molar-refractivity contribution is 0.461.